The van der Waals surface area contributed by atoms with Crippen molar-refractivity contribution in [2.75, 3.05) is 13.1 Å². The van der Waals surface area contributed by atoms with Crippen LogP contribution in [0.15, 0.2) is 12.7 Å². The monoisotopic (exact) mass is 169 g/mol. The van der Waals surface area contributed by atoms with Crippen LogP contribution in [0.1, 0.15) is 34.1 Å². The largest absolute Gasteiger partial charge is 0.300 e. The lowest BCUT2D eigenvalue weighted by atomic mass is 10.0. The van der Waals surface area contributed by atoms with Gasteiger partial charge in [-0.15, -0.1) is 6.58 Å². The Bertz CT molecular complexity index is 118. The molecular weight excluding hydrogens is 146 g/mol. The zero-order chi connectivity index (χ0) is 9.56. The molecule has 0 aliphatic rings. The van der Waals surface area contributed by atoms with Gasteiger partial charge in [0.05, 0.1) is 0 Å². The van der Waals surface area contributed by atoms with Crippen molar-refractivity contribution >= 4 is 0 Å². The molecule has 0 saturated heterocycles. The highest BCUT2D eigenvalue weighted by atomic mass is 15.1. The second kappa shape index (κ2) is 6.24. The van der Waals surface area contributed by atoms with E-state index >= 15 is 0 Å². The van der Waals surface area contributed by atoms with Crippen LogP contribution in [0, 0.1) is 5.92 Å². The van der Waals surface area contributed by atoms with Crippen LogP contribution in [0.2, 0.25) is 0 Å². The third-order valence-electron chi connectivity index (χ3n) is 2.57. The first kappa shape index (κ1) is 11.7. The summed E-state index contributed by atoms with van der Waals surface area (Å²) in [6.07, 6.45) is 3.10. The number of hydrogen-bond acceptors (Lipinski definition) is 1. The van der Waals surface area contributed by atoms with Gasteiger partial charge in [0.1, 0.15) is 0 Å². The Hall–Kier alpha value is -0.300. The van der Waals surface area contributed by atoms with Gasteiger partial charge in [0.25, 0.3) is 0 Å². The average Bonchev–Trinajstić information content (AvgIpc) is 2.05. The summed E-state index contributed by atoms with van der Waals surface area (Å²) in [4.78, 5) is 2.51. The van der Waals surface area contributed by atoms with Crippen molar-refractivity contribution < 1.29 is 0 Å². The first-order valence-corrected chi connectivity index (χ1v) is 4.98. The highest BCUT2D eigenvalue weighted by Gasteiger charge is 2.13. The molecule has 0 aliphatic carbocycles. The van der Waals surface area contributed by atoms with E-state index in [0.29, 0.717) is 6.04 Å². The fourth-order valence-electron chi connectivity index (χ4n) is 1.33. The van der Waals surface area contributed by atoms with Crippen LogP contribution in [0.3, 0.4) is 0 Å². The number of hydrogen-bond donors (Lipinski definition) is 0. The normalized spacial score (nSPS) is 13.8. The van der Waals surface area contributed by atoms with Crippen LogP contribution < -0.4 is 0 Å². The third kappa shape index (κ3) is 3.91. The standard InChI is InChI=1S/C11H23N/c1-6-8-9-12(7-2)11(5)10(3)4/h6,10-11H,1,7-9H2,2-5H3/t11-/m0/s1. The van der Waals surface area contributed by atoms with Gasteiger partial charge in [-0.3, -0.25) is 0 Å². The highest BCUT2D eigenvalue weighted by Crippen LogP contribution is 2.09. The molecule has 1 heteroatoms. The van der Waals surface area contributed by atoms with Crippen molar-refractivity contribution in [3.05, 3.63) is 12.7 Å². The summed E-state index contributed by atoms with van der Waals surface area (Å²) in [5.74, 6) is 0.745. The molecule has 0 fully saturated rings. The maximum Gasteiger partial charge on any atom is 0.00899 e. The molecule has 0 aliphatic heterocycles. The summed E-state index contributed by atoms with van der Waals surface area (Å²) < 4.78 is 0. The molecule has 1 atom stereocenters. The van der Waals surface area contributed by atoms with Crippen molar-refractivity contribution in [2.24, 2.45) is 5.92 Å². The second-order valence-electron chi connectivity index (χ2n) is 3.69. The Labute approximate surface area is 77.5 Å². The first-order chi connectivity index (χ1) is 5.63. The Balaban J connectivity index is 3.86. The zero-order valence-electron chi connectivity index (χ0n) is 9.01. The predicted molar refractivity (Wildman–Crippen MR) is 56.4 cm³/mol. The fraction of sp³-hybridized carbons (Fsp3) is 0.818. The molecule has 12 heavy (non-hydrogen) atoms. The topological polar surface area (TPSA) is 3.24 Å². The van der Waals surface area contributed by atoms with Crippen molar-refractivity contribution in [2.45, 2.75) is 40.2 Å². The summed E-state index contributed by atoms with van der Waals surface area (Å²) >= 11 is 0. The van der Waals surface area contributed by atoms with Crippen molar-refractivity contribution in [3.8, 4) is 0 Å². The van der Waals surface area contributed by atoms with E-state index in [1.54, 1.807) is 0 Å². The SMILES string of the molecule is C=CCCN(CC)[C@@H](C)C(C)C. The summed E-state index contributed by atoms with van der Waals surface area (Å²) in [7, 11) is 0. The molecule has 0 aromatic rings. The number of nitrogens with zero attached hydrogens (tertiary/aromatic N) is 1. The Morgan fingerprint density at radius 1 is 1.33 bits per heavy atom. The average molecular weight is 169 g/mol. The van der Waals surface area contributed by atoms with E-state index in [1.807, 2.05) is 6.08 Å². The maximum atomic E-state index is 3.74. The molecule has 1 nitrogen and oxygen atoms in total. The molecule has 0 unspecified atom stereocenters. The first-order valence-electron chi connectivity index (χ1n) is 4.98. The van der Waals surface area contributed by atoms with Gasteiger partial charge in [-0.25, -0.2) is 0 Å². The number of rotatable bonds is 6. The van der Waals surface area contributed by atoms with E-state index in [4.69, 9.17) is 0 Å². The summed E-state index contributed by atoms with van der Waals surface area (Å²) in [6.45, 7) is 15.1. The molecular formula is C11H23N. The van der Waals surface area contributed by atoms with Crippen LogP contribution >= 0.6 is 0 Å². The van der Waals surface area contributed by atoms with Gasteiger partial charge in [-0.1, -0.05) is 26.8 Å². The van der Waals surface area contributed by atoms with Crippen LogP contribution in [0.25, 0.3) is 0 Å². The molecule has 72 valence electrons. The maximum absolute atomic E-state index is 3.74. The quantitative estimate of drug-likeness (QED) is 0.553. The molecule has 0 amide bonds. The van der Waals surface area contributed by atoms with Gasteiger partial charge in [-0.2, -0.15) is 0 Å². The lowest BCUT2D eigenvalue weighted by molar-refractivity contribution is 0.180. The van der Waals surface area contributed by atoms with E-state index in [-0.39, 0.29) is 0 Å². The lowest BCUT2D eigenvalue weighted by Gasteiger charge is -2.30. The molecule has 0 saturated carbocycles. The third-order valence-corrected chi connectivity index (χ3v) is 2.57. The van der Waals surface area contributed by atoms with Crippen LogP contribution in [-0.4, -0.2) is 24.0 Å². The van der Waals surface area contributed by atoms with Gasteiger partial charge in [0, 0.05) is 12.6 Å². The minimum Gasteiger partial charge on any atom is -0.300 e. The summed E-state index contributed by atoms with van der Waals surface area (Å²) in [5.41, 5.74) is 0. The van der Waals surface area contributed by atoms with Crippen LogP contribution in [-0.2, 0) is 0 Å². The van der Waals surface area contributed by atoms with Crippen LogP contribution in [0.4, 0.5) is 0 Å². The van der Waals surface area contributed by atoms with Crippen molar-refractivity contribution in [1.82, 2.24) is 4.90 Å². The minimum absolute atomic E-state index is 0.690. The van der Waals surface area contributed by atoms with E-state index in [9.17, 15) is 0 Å². The van der Waals surface area contributed by atoms with Gasteiger partial charge >= 0.3 is 0 Å². The lowest BCUT2D eigenvalue weighted by Crippen LogP contribution is -2.37. The van der Waals surface area contributed by atoms with Gasteiger partial charge in [0.2, 0.25) is 0 Å². The van der Waals surface area contributed by atoms with E-state index in [2.05, 4.69) is 39.2 Å². The summed E-state index contributed by atoms with van der Waals surface area (Å²) in [6, 6.07) is 0.690. The minimum atomic E-state index is 0.690. The van der Waals surface area contributed by atoms with Gasteiger partial charge < -0.3 is 4.90 Å². The van der Waals surface area contributed by atoms with E-state index in [0.717, 1.165) is 25.4 Å². The molecule has 0 aromatic heterocycles. The van der Waals surface area contributed by atoms with Gasteiger partial charge in [0.15, 0.2) is 0 Å². The fourth-order valence-corrected chi connectivity index (χ4v) is 1.33. The van der Waals surface area contributed by atoms with Gasteiger partial charge in [-0.05, 0) is 25.8 Å². The molecule has 0 heterocycles. The zero-order valence-corrected chi connectivity index (χ0v) is 9.01. The Kier molecular flexibility index (Phi) is 6.09. The molecule has 0 aromatic carbocycles. The molecule has 0 rings (SSSR count). The second-order valence-corrected chi connectivity index (χ2v) is 3.69. The van der Waals surface area contributed by atoms with Crippen molar-refractivity contribution in [3.63, 3.8) is 0 Å². The Morgan fingerprint density at radius 2 is 1.92 bits per heavy atom. The highest BCUT2D eigenvalue weighted by molar-refractivity contribution is 4.74. The van der Waals surface area contributed by atoms with E-state index < -0.39 is 0 Å². The molecule has 0 spiro atoms. The Morgan fingerprint density at radius 3 is 2.25 bits per heavy atom. The molecule has 0 bridgehead atoms. The van der Waals surface area contributed by atoms with Crippen molar-refractivity contribution in [1.29, 1.82) is 0 Å². The molecule has 0 radical (unpaired) electrons. The van der Waals surface area contributed by atoms with E-state index in [1.165, 1.54) is 0 Å². The molecule has 0 N–H and O–H groups in total. The van der Waals surface area contributed by atoms with Crippen LogP contribution in [0.5, 0.6) is 0 Å². The smallest absolute Gasteiger partial charge is 0.00899 e. The summed E-state index contributed by atoms with van der Waals surface area (Å²) in [5, 5.41) is 0. The predicted octanol–water partition coefficient (Wildman–Crippen LogP) is 2.93.